The number of carbonyl (C=O) groups excluding carboxylic acids is 4. The molecule has 19 heteroatoms. The summed E-state index contributed by atoms with van der Waals surface area (Å²) in [6.07, 6.45) is 53.1. The van der Waals surface area contributed by atoms with Crippen LogP contribution in [0.25, 0.3) is 0 Å². The van der Waals surface area contributed by atoms with Gasteiger partial charge in [-0.05, 0) is 37.5 Å². The summed E-state index contributed by atoms with van der Waals surface area (Å²) in [6, 6.07) is 0. The molecule has 0 rings (SSSR count). The molecule has 0 aromatic heterocycles. The van der Waals surface area contributed by atoms with Crippen molar-refractivity contribution in [2.75, 3.05) is 39.6 Å². The van der Waals surface area contributed by atoms with Crippen molar-refractivity contribution >= 4 is 39.5 Å². The number of carbonyl (C=O) groups is 4. The van der Waals surface area contributed by atoms with Gasteiger partial charge in [0.1, 0.15) is 19.3 Å². The summed E-state index contributed by atoms with van der Waals surface area (Å²) in [6.45, 7) is 9.56. The highest BCUT2D eigenvalue weighted by molar-refractivity contribution is 7.47. The second-order valence-corrected chi connectivity index (χ2v) is 30.3. The summed E-state index contributed by atoms with van der Waals surface area (Å²) in [5.74, 6) is -0.488. The number of rotatable bonds is 73. The Hall–Kier alpha value is -1.94. The van der Waals surface area contributed by atoms with Gasteiger partial charge in [0.2, 0.25) is 0 Å². The van der Waals surface area contributed by atoms with Crippen molar-refractivity contribution in [1.29, 1.82) is 0 Å². The van der Waals surface area contributed by atoms with E-state index in [1.165, 1.54) is 193 Å². The molecule has 3 N–H and O–H groups in total. The van der Waals surface area contributed by atoms with Crippen molar-refractivity contribution < 1.29 is 80.2 Å². The van der Waals surface area contributed by atoms with Crippen LogP contribution in [0.2, 0.25) is 0 Å². The summed E-state index contributed by atoms with van der Waals surface area (Å²) in [5, 5.41) is 10.6. The molecule has 0 saturated carbocycles. The number of unbranched alkanes of at least 4 members (excludes halogenated alkanes) is 42. The lowest BCUT2D eigenvalue weighted by molar-refractivity contribution is -0.161. The molecular formula is C74H144O17P2. The number of esters is 4. The van der Waals surface area contributed by atoms with E-state index in [4.69, 9.17) is 37.0 Å². The van der Waals surface area contributed by atoms with E-state index in [0.717, 1.165) is 108 Å². The largest absolute Gasteiger partial charge is 0.472 e. The van der Waals surface area contributed by atoms with Crippen LogP contribution < -0.4 is 0 Å². The molecule has 6 atom stereocenters. The zero-order valence-corrected chi connectivity index (χ0v) is 62.3. The van der Waals surface area contributed by atoms with Crippen molar-refractivity contribution in [2.24, 2.45) is 11.8 Å². The minimum atomic E-state index is -4.95. The fraction of sp³-hybridized carbons (Fsp3) is 0.946. The first kappa shape index (κ1) is 91.1. The summed E-state index contributed by atoms with van der Waals surface area (Å²) < 4.78 is 68.2. The molecule has 0 aliphatic carbocycles. The van der Waals surface area contributed by atoms with Gasteiger partial charge in [-0.15, -0.1) is 0 Å². The van der Waals surface area contributed by atoms with Crippen LogP contribution >= 0.6 is 15.6 Å². The summed E-state index contributed by atoms with van der Waals surface area (Å²) in [7, 11) is -9.90. The Kier molecular flexibility index (Phi) is 64.6. The van der Waals surface area contributed by atoms with Crippen LogP contribution in [-0.2, 0) is 65.4 Å². The molecular weight excluding hydrogens is 1220 g/mol. The van der Waals surface area contributed by atoms with Crippen LogP contribution in [0.5, 0.6) is 0 Å². The minimum Gasteiger partial charge on any atom is -0.462 e. The molecule has 0 fully saturated rings. The van der Waals surface area contributed by atoms with Crippen LogP contribution in [-0.4, -0.2) is 96.7 Å². The highest BCUT2D eigenvalue weighted by Gasteiger charge is 2.30. The van der Waals surface area contributed by atoms with Crippen LogP contribution in [0.3, 0.4) is 0 Å². The van der Waals surface area contributed by atoms with Crippen molar-refractivity contribution in [1.82, 2.24) is 0 Å². The molecule has 0 aromatic carbocycles. The van der Waals surface area contributed by atoms with E-state index in [1.807, 2.05) is 0 Å². The van der Waals surface area contributed by atoms with E-state index in [-0.39, 0.29) is 25.7 Å². The lowest BCUT2D eigenvalue weighted by Crippen LogP contribution is -2.30. The average Bonchev–Trinajstić information content (AvgIpc) is 1.69. The zero-order chi connectivity index (χ0) is 68.6. The van der Waals surface area contributed by atoms with Crippen molar-refractivity contribution in [3.63, 3.8) is 0 Å². The van der Waals surface area contributed by atoms with E-state index < -0.39 is 97.5 Å². The predicted molar refractivity (Wildman–Crippen MR) is 377 cm³/mol. The fourth-order valence-corrected chi connectivity index (χ4v) is 12.8. The van der Waals surface area contributed by atoms with E-state index in [2.05, 4.69) is 41.5 Å². The maximum absolute atomic E-state index is 13.1. The first-order chi connectivity index (χ1) is 44.9. The summed E-state index contributed by atoms with van der Waals surface area (Å²) >= 11 is 0. The first-order valence-corrected chi connectivity index (χ1v) is 41.5. The fourth-order valence-electron chi connectivity index (χ4n) is 11.3. The standard InChI is InChI=1S/C74H144O17P2/c1-7-10-12-14-15-16-17-29-35-40-46-52-58-73(78)90-69(62-84-71(76)56-50-42-13-11-8-2)64-88-92(80,81)86-60-68(75)61-87-93(82,83)89-65-70(63-85-72(77)57-51-45-39-34-31-26-27-32-37-43-48-54-66(4)5)91-74(79)59-53-47-41-36-30-25-23-21-19-18-20-22-24-28-33-38-44-49-55-67(6)9-3/h66-70,75H,7-65H2,1-6H3,(H,80,81)(H,82,83)/t67?,68-,69+,70+/m0/s1. The molecule has 0 radical (unpaired) electrons. The number of aliphatic hydroxyl groups excluding tert-OH is 1. The quantitative estimate of drug-likeness (QED) is 0.0222. The third-order valence-corrected chi connectivity index (χ3v) is 19.5. The molecule has 0 bridgehead atoms. The number of hydrogen-bond donors (Lipinski definition) is 3. The molecule has 0 amide bonds. The monoisotopic (exact) mass is 1370 g/mol. The molecule has 0 aliphatic heterocycles. The molecule has 17 nitrogen and oxygen atoms in total. The Morgan fingerprint density at radius 2 is 0.548 bits per heavy atom. The van der Waals surface area contributed by atoms with Gasteiger partial charge in [0.25, 0.3) is 0 Å². The molecule has 0 heterocycles. The number of ether oxygens (including phenoxy) is 4. The van der Waals surface area contributed by atoms with Crippen LogP contribution in [0.15, 0.2) is 0 Å². The number of phosphoric ester groups is 2. The highest BCUT2D eigenvalue weighted by Crippen LogP contribution is 2.45. The van der Waals surface area contributed by atoms with Gasteiger partial charge in [-0.1, -0.05) is 330 Å². The third kappa shape index (κ3) is 67.0. The van der Waals surface area contributed by atoms with Crippen LogP contribution in [0.1, 0.15) is 382 Å². The van der Waals surface area contributed by atoms with Gasteiger partial charge in [0.05, 0.1) is 26.4 Å². The minimum absolute atomic E-state index is 0.106. The van der Waals surface area contributed by atoms with Gasteiger partial charge in [0, 0.05) is 25.7 Å². The second-order valence-electron chi connectivity index (χ2n) is 27.4. The van der Waals surface area contributed by atoms with Gasteiger partial charge in [0.15, 0.2) is 12.2 Å². The lowest BCUT2D eigenvalue weighted by Gasteiger charge is -2.21. The molecule has 3 unspecified atom stereocenters. The van der Waals surface area contributed by atoms with Gasteiger partial charge in [-0.3, -0.25) is 37.3 Å². The van der Waals surface area contributed by atoms with Gasteiger partial charge >= 0.3 is 39.5 Å². The number of hydrogen-bond acceptors (Lipinski definition) is 15. The van der Waals surface area contributed by atoms with Crippen LogP contribution in [0.4, 0.5) is 0 Å². The van der Waals surface area contributed by atoms with Crippen molar-refractivity contribution in [3.8, 4) is 0 Å². The van der Waals surface area contributed by atoms with Gasteiger partial charge < -0.3 is 33.8 Å². The summed E-state index contributed by atoms with van der Waals surface area (Å²) in [5.41, 5.74) is 0. The highest BCUT2D eigenvalue weighted by atomic mass is 31.2. The van der Waals surface area contributed by atoms with E-state index in [1.54, 1.807) is 0 Å². The topological polar surface area (TPSA) is 237 Å². The second kappa shape index (κ2) is 66.0. The molecule has 0 aliphatic rings. The third-order valence-electron chi connectivity index (χ3n) is 17.6. The molecule has 0 spiro atoms. The lowest BCUT2D eigenvalue weighted by atomic mass is 9.99. The molecule has 0 saturated heterocycles. The first-order valence-electron chi connectivity index (χ1n) is 38.5. The van der Waals surface area contributed by atoms with E-state index in [0.29, 0.717) is 25.7 Å². The van der Waals surface area contributed by atoms with Crippen molar-refractivity contribution in [2.45, 2.75) is 400 Å². The smallest absolute Gasteiger partial charge is 0.462 e. The Morgan fingerprint density at radius 3 is 0.817 bits per heavy atom. The van der Waals surface area contributed by atoms with E-state index >= 15 is 0 Å². The Balaban J connectivity index is 5.11. The molecule has 0 aromatic rings. The average molecular weight is 1370 g/mol. The van der Waals surface area contributed by atoms with Gasteiger partial charge in [-0.25, -0.2) is 9.13 Å². The maximum atomic E-state index is 13.1. The van der Waals surface area contributed by atoms with Gasteiger partial charge in [-0.2, -0.15) is 0 Å². The van der Waals surface area contributed by atoms with Crippen LogP contribution in [0, 0.1) is 11.8 Å². The zero-order valence-electron chi connectivity index (χ0n) is 60.6. The molecule has 552 valence electrons. The number of aliphatic hydroxyl groups is 1. The maximum Gasteiger partial charge on any atom is 0.472 e. The SMILES string of the molecule is CCCCCCCCCCCCCCC(=O)O[C@H](COC(=O)CCCCCCC)COP(=O)(O)OC[C@H](O)COP(=O)(O)OC[C@@H](COC(=O)CCCCCCCCCCCCCC(C)C)OC(=O)CCCCCCCCCCCCCCCCCCCCC(C)CC. The Morgan fingerprint density at radius 1 is 0.312 bits per heavy atom. The Labute approximate surface area is 568 Å². The van der Waals surface area contributed by atoms with Crippen molar-refractivity contribution in [3.05, 3.63) is 0 Å². The predicted octanol–water partition coefficient (Wildman–Crippen LogP) is 21.6. The summed E-state index contributed by atoms with van der Waals surface area (Å²) in [4.78, 5) is 72.4. The number of phosphoric acid groups is 2. The molecule has 93 heavy (non-hydrogen) atoms. The Bertz CT molecular complexity index is 1810. The van der Waals surface area contributed by atoms with E-state index in [9.17, 15) is 43.2 Å². The normalized spacial score (nSPS) is 14.3.